The summed E-state index contributed by atoms with van der Waals surface area (Å²) in [6.07, 6.45) is 2.55. The van der Waals surface area contributed by atoms with Crippen molar-refractivity contribution in [2.24, 2.45) is 5.73 Å². The van der Waals surface area contributed by atoms with Crippen LogP contribution in [-0.4, -0.2) is 25.7 Å². The van der Waals surface area contributed by atoms with Gasteiger partial charge in [0.05, 0.1) is 19.9 Å². The van der Waals surface area contributed by atoms with Gasteiger partial charge in [-0.2, -0.15) is 0 Å². The van der Waals surface area contributed by atoms with Crippen LogP contribution in [0.1, 0.15) is 5.56 Å². The van der Waals surface area contributed by atoms with Crippen molar-refractivity contribution >= 4 is 0 Å². The third-order valence-corrected chi connectivity index (χ3v) is 2.91. The second kappa shape index (κ2) is 6.20. The standard InChI is InChI=1S/C15H18N2O2/c1-18-14-10-11(6-7-16)9-12(15(14)19-2)13-5-3-4-8-17-13/h3-5,8-10H,6-7,16H2,1-2H3. The molecule has 0 aliphatic carbocycles. The molecule has 1 aromatic carbocycles. The minimum Gasteiger partial charge on any atom is -0.493 e. The molecule has 2 rings (SSSR count). The fourth-order valence-corrected chi connectivity index (χ4v) is 2.04. The van der Waals surface area contributed by atoms with E-state index in [-0.39, 0.29) is 0 Å². The predicted octanol–water partition coefficient (Wildman–Crippen LogP) is 2.27. The van der Waals surface area contributed by atoms with Crippen LogP contribution in [0.15, 0.2) is 36.5 Å². The van der Waals surface area contributed by atoms with E-state index in [1.807, 2.05) is 24.3 Å². The van der Waals surface area contributed by atoms with E-state index in [0.717, 1.165) is 23.2 Å². The van der Waals surface area contributed by atoms with Crippen LogP contribution in [0.4, 0.5) is 0 Å². The Morgan fingerprint density at radius 1 is 1.16 bits per heavy atom. The predicted molar refractivity (Wildman–Crippen MR) is 75.5 cm³/mol. The zero-order valence-corrected chi connectivity index (χ0v) is 11.2. The molecule has 4 heteroatoms. The Kier molecular flexibility index (Phi) is 4.36. The summed E-state index contributed by atoms with van der Waals surface area (Å²) < 4.78 is 10.9. The number of nitrogens with two attached hydrogens (primary N) is 1. The third-order valence-electron chi connectivity index (χ3n) is 2.91. The van der Waals surface area contributed by atoms with Gasteiger partial charge < -0.3 is 15.2 Å². The second-order valence-electron chi connectivity index (χ2n) is 4.13. The van der Waals surface area contributed by atoms with E-state index in [2.05, 4.69) is 11.1 Å². The Balaban J connectivity index is 2.59. The van der Waals surface area contributed by atoms with Crippen molar-refractivity contribution in [3.63, 3.8) is 0 Å². The van der Waals surface area contributed by atoms with Crippen molar-refractivity contribution in [2.75, 3.05) is 20.8 Å². The smallest absolute Gasteiger partial charge is 0.170 e. The fraction of sp³-hybridized carbons (Fsp3) is 0.267. The molecule has 0 fully saturated rings. The molecule has 0 spiro atoms. The lowest BCUT2D eigenvalue weighted by Gasteiger charge is -2.14. The van der Waals surface area contributed by atoms with Crippen LogP contribution in [0.5, 0.6) is 11.5 Å². The molecule has 2 N–H and O–H groups in total. The maximum absolute atomic E-state index is 5.62. The van der Waals surface area contributed by atoms with E-state index in [9.17, 15) is 0 Å². The number of methoxy groups -OCH3 is 2. The SMILES string of the molecule is COc1cc(CCN)cc(-c2ccccn2)c1OC. The maximum Gasteiger partial charge on any atom is 0.170 e. The normalized spacial score (nSPS) is 10.3. The molecule has 0 aliphatic heterocycles. The summed E-state index contributed by atoms with van der Waals surface area (Å²) in [5.41, 5.74) is 8.52. The van der Waals surface area contributed by atoms with Crippen LogP contribution in [0.3, 0.4) is 0 Å². The molecule has 0 radical (unpaired) electrons. The molecule has 0 unspecified atom stereocenters. The highest BCUT2D eigenvalue weighted by molar-refractivity contribution is 5.72. The largest absolute Gasteiger partial charge is 0.493 e. The van der Waals surface area contributed by atoms with Gasteiger partial charge in [0.25, 0.3) is 0 Å². The molecule has 1 aromatic heterocycles. The van der Waals surface area contributed by atoms with Crippen molar-refractivity contribution in [2.45, 2.75) is 6.42 Å². The molecule has 1 heterocycles. The van der Waals surface area contributed by atoms with Gasteiger partial charge in [0, 0.05) is 11.8 Å². The monoisotopic (exact) mass is 258 g/mol. The van der Waals surface area contributed by atoms with E-state index in [0.29, 0.717) is 18.0 Å². The van der Waals surface area contributed by atoms with Gasteiger partial charge in [0.1, 0.15) is 0 Å². The molecule has 0 atom stereocenters. The van der Waals surface area contributed by atoms with Gasteiger partial charge in [-0.05, 0) is 42.8 Å². The van der Waals surface area contributed by atoms with Gasteiger partial charge in [0.15, 0.2) is 11.5 Å². The molecule has 0 saturated carbocycles. The highest BCUT2D eigenvalue weighted by atomic mass is 16.5. The summed E-state index contributed by atoms with van der Waals surface area (Å²) in [6, 6.07) is 9.79. The van der Waals surface area contributed by atoms with Crippen molar-refractivity contribution in [3.8, 4) is 22.8 Å². The Bertz CT molecular complexity index is 541. The third kappa shape index (κ3) is 2.85. The Morgan fingerprint density at radius 3 is 2.58 bits per heavy atom. The molecular formula is C15H18N2O2. The Hall–Kier alpha value is -2.07. The topological polar surface area (TPSA) is 57.4 Å². The number of hydrogen-bond acceptors (Lipinski definition) is 4. The zero-order valence-electron chi connectivity index (χ0n) is 11.2. The Labute approximate surface area is 113 Å². The van der Waals surface area contributed by atoms with Gasteiger partial charge in [0.2, 0.25) is 0 Å². The fourth-order valence-electron chi connectivity index (χ4n) is 2.04. The average molecular weight is 258 g/mol. The lowest BCUT2D eigenvalue weighted by atomic mass is 10.0. The molecular weight excluding hydrogens is 240 g/mol. The number of aromatic nitrogens is 1. The number of pyridine rings is 1. The van der Waals surface area contributed by atoms with Crippen LogP contribution in [0.2, 0.25) is 0 Å². The Morgan fingerprint density at radius 2 is 2.00 bits per heavy atom. The van der Waals surface area contributed by atoms with E-state index in [4.69, 9.17) is 15.2 Å². The first-order chi connectivity index (χ1) is 9.30. The van der Waals surface area contributed by atoms with Crippen LogP contribution in [-0.2, 0) is 6.42 Å². The summed E-state index contributed by atoms with van der Waals surface area (Å²) in [5.74, 6) is 1.40. The van der Waals surface area contributed by atoms with Crippen molar-refractivity contribution in [3.05, 3.63) is 42.1 Å². The van der Waals surface area contributed by atoms with Gasteiger partial charge in [-0.25, -0.2) is 0 Å². The molecule has 0 aliphatic rings. The van der Waals surface area contributed by atoms with Crippen molar-refractivity contribution in [1.29, 1.82) is 0 Å². The van der Waals surface area contributed by atoms with Gasteiger partial charge >= 0.3 is 0 Å². The van der Waals surface area contributed by atoms with E-state index < -0.39 is 0 Å². The molecule has 4 nitrogen and oxygen atoms in total. The van der Waals surface area contributed by atoms with Crippen molar-refractivity contribution in [1.82, 2.24) is 4.98 Å². The minimum absolute atomic E-state index is 0.594. The average Bonchev–Trinajstić information content (AvgIpc) is 2.47. The number of ether oxygens (including phenoxy) is 2. The molecule has 19 heavy (non-hydrogen) atoms. The van der Waals surface area contributed by atoms with Crippen molar-refractivity contribution < 1.29 is 9.47 Å². The maximum atomic E-state index is 5.62. The number of rotatable bonds is 5. The quantitative estimate of drug-likeness (QED) is 0.893. The minimum atomic E-state index is 0.594. The molecule has 0 bridgehead atoms. The van der Waals surface area contributed by atoms with Gasteiger partial charge in [-0.15, -0.1) is 0 Å². The van der Waals surface area contributed by atoms with E-state index in [1.54, 1.807) is 20.4 Å². The van der Waals surface area contributed by atoms with E-state index in [1.165, 1.54) is 0 Å². The number of nitrogens with zero attached hydrogens (tertiary/aromatic N) is 1. The van der Waals surface area contributed by atoms with Crippen LogP contribution < -0.4 is 15.2 Å². The summed E-state index contributed by atoms with van der Waals surface area (Å²) >= 11 is 0. The lowest BCUT2D eigenvalue weighted by Crippen LogP contribution is -2.04. The number of hydrogen-bond donors (Lipinski definition) is 1. The molecule has 100 valence electrons. The first-order valence-corrected chi connectivity index (χ1v) is 6.16. The summed E-state index contributed by atoms with van der Waals surface area (Å²) in [4.78, 5) is 4.37. The highest BCUT2D eigenvalue weighted by Gasteiger charge is 2.14. The van der Waals surface area contributed by atoms with Crippen LogP contribution in [0.25, 0.3) is 11.3 Å². The summed E-state index contributed by atoms with van der Waals surface area (Å²) in [6.45, 7) is 0.594. The lowest BCUT2D eigenvalue weighted by molar-refractivity contribution is 0.355. The number of benzene rings is 1. The summed E-state index contributed by atoms with van der Waals surface area (Å²) in [5, 5.41) is 0. The zero-order chi connectivity index (χ0) is 13.7. The summed E-state index contributed by atoms with van der Waals surface area (Å²) in [7, 11) is 3.26. The van der Waals surface area contributed by atoms with Gasteiger partial charge in [-0.1, -0.05) is 6.07 Å². The van der Waals surface area contributed by atoms with Crippen LogP contribution in [0, 0.1) is 0 Å². The molecule has 0 saturated heterocycles. The molecule has 2 aromatic rings. The second-order valence-corrected chi connectivity index (χ2v) is 4.13. The highest BCUT2D eigenvalue weighted by Crippen LogP contribution is 2.38. The first-order valence-electron chi connectivity index (χ1n) is 6.16. The molecule has 0 amide bonds. The van der Waals surface area contributed by atoms with E-state index >= 15 is 0 Å². The first kappa shape index (κ1) is 13.4. The van der Waals surface area contributed by atoms with Crippen LogP contribution >= 0.6 is 0 Å². The van der Waals surface area contributed by atoms with Gasteiger partial charge in [-0.3, -0.25) is 4.98 Å².